The maximum absolute atomic E-state index is 11.0. The zero-order valence-corrected chi connectivity index (χ0v) is 12.0. The number of anilines is 1. The first kappa shape index (κ1) is 15.9. The van der Waals surface area contributed by atoms with Gasteiger partial charge in [0, 0.05) is 6.07 Å². The minimum atomic E-state index is -0.712. The first-order valence-electron chi connectivity index (χ1n) is 6.41. The van der Waals surface area contributed by atoms with Crippen LogP contribution in [0.15, 0.2) is 51.7 Å². The number of benzene rings is 1. The summed E-state index contributed by atoms with van der Waals surface area (Å²) in [5, 5.41) is 25.5. The van der Waals surface area contributed by atoms with Crippen molar-refractivity contribution in [3.8, 4) is 0 Å². The van der Waals surface area contributed by atoms with Gasteiger partial charge in [-0.2, -0.15) is 5.10 Å². The van der Waals surface area contributed by atoms with Crippen LogP contribution in [0.4, 0.5) is 17.1 Å². The Balaban J connectivity index is 2.15. The van der Waals surface area contributed by atoms with Gasteiger partial charge in [-0.1, -0.05) is 0 Å². The average Bonchev–Trinajstić information content (AvgIpc) is 2.99. The fourth-order valence-corrected chi connectivity index (χ4v) is 1.72. The predicted octanol–water partition coefficient (Wildman–Crippen LogP) is 3.60. The van der Waals surface area contributed by atoms with Crippen molar-refractivity contribution in [3.05, 3.63) is 68.2 Å². The van der Waals surface area contributed by atoms with Gasteiger partial charge < -0.3 is 4.42 Å². The molecule has 2 aromatic rings. The van der Waals surface area contributed by atoms with Crippen LogP contribution in [0.3, 0.4) is 0 Å². The molecule has 1 heterocycles. The summed E-state index contributed by atoms with van der Waals surface area (Å²) in [6.07, 6.45) is 4.72. The number of nitrogens with one attached hydrogen (secondary N) is 1. The standard InChI is InChI=1S/C14H12N4O5/c1-10(7-12-3-2-6-23-12)9-15-16-13-5-4-11(17(19)20)8-14(13)18(21)22/h2-9,16H,1H3/b10-7+,15-9?. The molecule has 2 rings (SSSR count). The molecule has 0 saturated carbocycles. The normalized spacial score (nSPS) is 11.6. The van der Waals surface area contributed by atoms with Gasteiger partial charge in [-0.05, 0) is 36.8 Å². The maximum atomic E-state index is 11.0. The summed E-state index contributed by atoms with van der Waals surface area (Å²) in [5.74, 6) is 0.648. The van der Waals surface area contributed by atoms with Gasteiger partial charge in [0.25, 0.3) is 5.69 Å². The average molecular weight is 316 g/mol. The third-order valence-corrected chi connectivity index (χ3v) is 2.76. The summed E-state index contributed by atoms with van der Waals surface area (Å²) in [6, 6.07) is 6.79. The number of rotatable bonds is 6. The van der Waals surface area contributed by atoms with E-state index in [1.807, 2.05) is 0 Å². The lowest BCUT2D eigenvalue weighted by molar-refractivity contribution is -0.393. The van der Waals surface area contributed by atoms with Crippen molar-refractivity contribution in [2.24, 2.45) is 5.10 Å². The van der Waals surface area contributed by atoms with Crippen LogP contribution in [0, 0.1) is 20.2 Å². The topological polar surface area (TPSA) is 124 Å². The number of nitrogens with zero attached hydrogens (tertiary/aromatic N) is 3. The van der Waals surface area contributed by atoms with Crippen molar-refractivity contribution >= 4 is 29.4 Å². The molecule has 0 spiro atoms. The molecule has 1 aromatic carbocycles. The molecule has 0 aliphatic rings. The summed E-state index contributed by atoms with van der Waals surface area (Å²) < 4.78 is 5.14. The number of hydrogen-bond donors (Lipinski definition) is 1. The fourth-order valence-electron chi connectivity index (χ4n) is 1.72. The van der Waals surface area contributed by atoms with Crippen molar-refractivity contribution in [2.45, 2.75) is 6.92 Å². The molecule has 118 valence electrons. The maximum Gasteiger partial charge on any atom is 0.301 e. The number of nitro benzene ring substituents is 2. The lowest BCUT2D eigenvalue weighted by Gasteiger charge is -2.01. The van der Waals surface area contributed by atoms with E-state index in [1.54, 1.807) is 25.1 Å². The number of non-ortho nitro benzene ring substituents is 1. The van der Waals surface area contributed by atoms with E-state index in [2.05, 4.69) is 10.5 Å². The number of hydrogen-bond acceptors (Lipinski definition) is 7. The van der Waals surface area contributed by atoms with Gasteiger partial charge in [0.2, 0.25) is 0 Å². The Morgan fingerprint density at radius 1 is 1.26 bits per heavy atom. The van der Waals surface area contributed by atoms with Gasteiger partial charge >= 0.3 is 5.69 Å². The predicted molar refractivity (Wildman–Crippen MR) is 84.2 cm³/mol. The molecular formula is C14H12N4O5. The van der Waals surface area contributed by atoms with Crippen molar-refractivity contribution < 1.29 is 14.3 Å². The fraction of sp³-hybridized carbons (Fsp3) is 0.0714. The number of nitro groups is 2. The van der Waals surface area contributed by atoms with Gasteiger partial charge in [0.15, 0.2) is 0 Å². The SMILES string of the molecule is C/C(C=NNc1ccc([N+](=O)[O-])cc1[N+](=O)[O-])=C\c1ccco1. The Hall–Kier alpha value is -3.49. The minimum Gasteiger partial charge on any atom is -0.465 e. The van der Waals surface area contributed by atoms with Gasteiger partial charge in [0.05, 0.1) is 28.4 Å². The number of furan rings is 1. The summed E-state index contributed by atoms with van der Waals surface area (Å²) in [7, 11) is 0. The summed E-state index contributed by atoms with van der Waals surface area (Å²) in [6.45, 7) is 1.78. The van der Waals surface area contributed by atoms with Gasteiger partial charge in [0.1, 0.15) is 11.4 Å². The molecule has 0 aliphatic carbocycles. The molecule has 0 saturated heterocycles. The van der Waals surface area contributed by atoms with Gasteiger partial charge in [-0.25, -0.2) is 0 Å². The zero-order chi connectivity index (χ0) is 16.8. The van der Waals surface area contributed by atoms with Crippen LogP contribution >= 0.6 is 0 Å². The third-order valence-electron chi connectivity index (χ3n) is 2.76. The van der Waals surface area contributed by atoms with Crippen molar-refractivity contribution in [3.63, 3.8) is 0 Å². The van der Waals surface area contributed by atoms with Crippen molar-refractivity contribution in [2.75, 3.05) is 5.43 Å². The first-order valence-corrected chi connectivity index (χ1v) is 6.41. The molecule has 0 atom stereocenters. The van der Waals surface area contributed by atoms with E-state index in [-0.39, 0.29) is 11.4 Å². The Kier molecular flexibility index (Phi) is 4.82. The largest absolute Gasteiger partial charge is 0.465 e. The molecule has 9 heteroatoms. The second-order valence-electron chi connectivity index (χ2n) is 4.49. The summed E-state index contributed by atoms with van der Waals surface area (Å²) in [5.41, 5.74) is 2.52. The third kappa shape index (κ3) is 4.24. The highest BCUT2D eigenvalue weighted by atomic mass is 16.6. The molecule has 0 fully saturated rings. The quantitative estimate of drug-likeness (QED) is 0.493. The van der Waals surface area contributed by atoms with Crippen LogP contribution in [0.1, 0.15) is 12.7 Å². The Bertz CT molecular complexity index is 780. The molecule has 23 heavy (non-hydrogen) atoms. The first-order chi connectivity index (χ1) is 11.0. The van der Waals surface area contributed by atoms with Crippen LogP contribution in [0.25, 0.3) is 6.08 Å². The highest BCUT2D eigenvalue weighted by Gasteiger charge is 2.18. The van der Waals surface area contributed by atoms with E-state index in [0.29, 0.717) is 5.76 Å². The van der Waals surface area contributed by atoms with Gasteiger partial charge in [-0.15, -0.1) is 0 Å². The Morgan fingerprint density at radius 3 is 2.65 bits per heavy atom. The molecule has 0 radical (unpaired) electrons. The van der Waals surface area contributed by atoms with Crippen LogP contribution in [-0.2, 0) is 0 Å². The monoisotopic (exact) mass is 316 g/mol. The van der Waals surface area contributed by atoms with Crippen molar-refractivity contribution in [1.82, 2.24) is 0 Å². The van der Waals surface area contributed by atoms with E-state index in [4.69, 9.17) is 4.42 Å². The van der Waals surface area contributed by atoms with E-state index in [1.165, 1.54) is 18.5 Å². The highest BCUT2D eigenvalue weighted by Crippen LogP contribution is 2.28. The van der Waals surface area contributed by atoms with Gasteiger partial charge in [-0.3, -0.25) is 25.7 Å². The second-order valence-corrected chi connectivity index (χ2v) is 4.49. The van der Waals surface area contributed by atoms with Crippen LogP contribution in [0.2, 0.25) is 0 Å². The lowest BCUT2D eigenvalue weighted by atomic mass is 10.2. The van der Waals surface area contributed by atoms with Crippen LogP contribution in [0.5, 0.6) is 0 Å². The van der Waals surface area contributed by atoms with Crippen molar-refractivity contribution in [1.29, 1.82) is 0 Å². The molecule has 0 aliphatic heterocycles. The zero-order valence-electron chi connectivity index (χ0n) is 12.0. The Morgan fingerprint density at radius 2 is 2.04 bits per heavy atom. The van der Waals surface area contributed by atoms with Crippen LogP contribution < -0.4 is 5.43 Å². The molecular weight excluding hydrogens is 304 g/mol. The molecule has 1 aromatic heterocycles. The lowest BCUT2D eigenvalue weighted by Crippen LogP contribution is -1.98. The smallest absolute Gasteiger partial charge is 0.301 e. The minimum absolute atomic E-state index is 0.0580. The van der Waals surface area contributed by atoms with E-state index < -0.39 is 15.5 Å². The number of allylic oxidation sites excluding steroid dienone is 1. The Labute approximate surface area is 130 Å². The van der Waals surface area contributed by atoms with E-state index in [0.717, 1.165) is 17.7 Å². The second kappa shape index (κ2) is 6.98. The summed E-state index contributed by atoms with van der Waals surface area (Å²) >= 11 is 0. The molecule has 0 amide bonds. The summed E-state index contributed by atoms with van der Waals surface area (Å²) in [4.78, 5) is 20.2. The highest BCUT2D eigenvalue weighted by molar-refractivity contribution is 5.84. The number of hydrazone groups is 1. The molecule has 1 N–H and O–H groups in total. The van der Waals surface area contributed by atoms with Crippen LogP contribution in [-0.4, -0.2) is 16.1 Å². The van der Waals surface area contributed by atoms with E-state index >= 15 is 0 Å². The van der Waals surface area contributed by atoms with E-state index in [9.17, 15) is 20.2 Å². The molecule has 9 nitrogen and oxygen atoms in total. The molecule has 0 bridgehead atoms. The molecule has 0 unspecified atom stereocenters.